The number of rotatable bonds is 6. The Kier molecular flexibility index (Phi) is 8.43. The summed E-state index contributed by atoms with van der Waals surface area (Å²) >= 11 is 1.90. The Morgan fingerprint density at radius 3 is 1.57 bits per heavy atom. The largest absolute Gasteiger partial charge is 0.456 e. The molecule has 5 aromatic heterocycles. The molecule has 0 spiro atoms. The summed E-state index contributed by atoms with van der Waals surface area (Å²) in [6, 6.07) is 79.7. The molecule has 6 nitrogen and oxygen atoms in total. The van der Waals surface area contributed by atoms with Crippen LogP contribution < -0.4 is 0 Å². The topological polar surface area (TPSA) is 61.7 Å². The summed E-state index contributed by atoms with van der Waals surface area (Å²) in [7, 11) is 0. The van der Waals surface area contributed by atoms with Crippen LogP contribution in [0.2, 0.25) is 0 Å². The molecule has 70 heavy (non-hydrogen) atoms. The molecular formula is C63H37N5OS. The smallest absolute Gasteiger partial charge is 0.164 e. The normalized spacial score (nSPS) is 12.0. The van der Waals surface area contributed by atoms with Crippen molar-refractivity contribution in [1.82, 2.24) is 24.1 Å². The van der Waals surface area contributed by atoms with Crippen molar-refractivity contribution in [3.05, 3.63) is 224 Å². The number of aromatic nitrogens is 5. The maximum absolute atomic E-state index is 6.50. The van der Waals surface area contributed by atoms with E-state index in [1.165, 1.54) is 69.6 Å². The second-order valence-corrected chi connectivity index (χ2v) is 18.9. The van der Waals surface area contributed by atoms with Crippen LogP contribution >= 0.6 is 11.3 Å². The lowest BCUT2D eigenvalue weighted by Crippen LogP contribution is -2.00. The zero-order valence-electron chi connectivity index (χ0n) is 37.4. The van der Waals surface area contributed by atoms with Gasteiger partial charge in [-0.1, -0.05) is 152 Å². The monoisotopic (exact) mass is 911 g/mol. The molecular weight excluding hydrogens is 875 g/mol. The highest BCUT2D eigenvalue weighted by molar-refractivity contribution is 7.27. The SMILES string of the molecule is c1ccc(-c2nc(-c3ccccc3)nc(-c3ccc4oc5ccc(-n6c7ccccc7c7cc(-c8cccc9c8sc8c9ccc9c%10ccccc%10n(-c%10ccccc%10)c98)ccc76)cc5c4c3)n2)cc1. The fraction of sp³-hybridized carbons (Fsp3) is 0. The number of nitrogens with zero attached hydrogens (tertiary/aromatic N) is 5. The molecule has 0 aliphatic heterocycles. The van der Waals surface area contributed by atoms with E-state index in [4.69, 9.17) is 19.4 Å². The van der Waals surface area contributed by atoms with Crippen molar-refractivity contribution in [1.29, 1.82) is 0 Å². The summed E-state index contributed by atoms with van der Waals surface area (Å²) in [4.78, 5) is 15.0. The number of fused-ring (bicyclic) bond motifs is 13. The Hall–Kier alpha value is -9.17. The van der Waals surface area contributed by atoms with E-state index >= 15 is 0 Å². The van der Waals surface area contributed by atoms with Gasteiger partial charge < -0.3 is 13.6 Å². The number of benzene rings is 10. The van der Waals surface area contributed by atoms with Gasteiger partial charge in [0.05, 0.1) is 26.8 Å². The minimum absolute atomic E-state index is 0.605. The molecule has 0 fully saturated rings. The molecule has 0 saturated carbocycles. The first-order valence-corrected chi connectivity index (χ1v) is 24.3. The van der Waals surface area contributed by atoms with Gasteiger partial charge in [-0.2, -0.15) is 0 Å². The lowest BCUT2D eigenvalue weighted by molar-refractivity contribution is 0.669. The molecule has 10 aromatic carbocycles. The van der Waals surface area contributed by atoms with E-state index in [0.717, 1.165) is 55.3 Å². The minimum atomic E-state index is 0.605. The predicted molar refractivity (Wildman–Crippen MR) is 290 cm³/mol. The van der Waals surface area contributed by atoms with E-state index < -0.39 is 0 Å². The van der Waals surface area contributed by atoms with Gasteiger partial charge in [0, 0.05) is 75.9 Å². The second kappa shape index (κ2) is 15.2. The zero-order chi connectivity index (χ0) is 45.9. The minimum Gasteiger partial charge on any atom is -0.456 e. The molecule has 0 unspecified atom stereocenters. The van der Waals surface area contributed by atoms with Crippen molar-refractivity contribution in [3.63, 3.8) is 0 Å². The summed E-state index contributed by atoms with van der Waals surface area (Å²) < 4.78 is 13.9. The van der Waals surface area contributed by atoms with Gasteiger partial charge >= 0.3 is 0 Å². The molecule has 0 bridgehead atoms. The van der Waals surface area contributed by atoms with Crippen molar-refractivity contribution in [3.8, 4) is 56.7 Å². The standard InChI is InChI=1S/C63H37N5OS/c1-4-15-38(16-5-1)61-64-62(39-17-6-2-7-18-39)66-63(65-61)41-28-33-56-51(36-41)52-37-43(29-34-57(52)69-56)67-53-25-12-11-22-46(53)50-35-40(27-32-55(50)67)44-23-14-24-48-49-31-30-47-45-21-10-13-26-54(45)68(42-19-8-3-9-20-42)58(47)60(49)70-59(44)48/h1-37H. The molecule has 0 aliphatic rings. The van der Waals surface area contributed by atoms with Gasteiger partial charge in [-0.25, -0.2) is 15.0 Å². The maximum Gasteiger partial charge on any atom is 0.164 e. The number of hydrogen-bond donors (Lipinski definition) is 0. The zero-order valence-corrected chi connectivity index (χ0v) is 38.2. The summed E-state index contributed by atoms with van der Waals surface area (Å²) in [6.45, 7) is 0. The van der Waals surface area contributed by atoms with E-state index in [9.17, 15) is 0 Å². The summed E-state index contributed by atoms with van der Waals surface area (Å²) in [5, 5.41) is 9.52. The highest BCUT2D eigenvalue weighted by Gasteiger charge is 2.21. The summed E-state index contributed by atoms with van der Waals surface area (Å²) in [5.41, 5.74) is 13.8. The van der Waals surface area contributed by atoms with E-state index in [-0.39, 0.29) is 0 Å². The van der Waals surface area contributed by atoms with E-state index in [2.05, 4.69) is 161 Å². The molecule has 0 saturated heterocycles. The van der Waals surface area contributed by atoms with Crippen molar-refractivity contribution >= 4 is 97.1 Å². The Morgan fingerprint density at radius 1 is 0.314 bits per heavy atom. The van der Waals surface area contributed by atoms with Gasteiger partial charge in [0.2, 0.25) is 0 Å². The maximum atomic E-state index is 6.50. The summed E-state index contributed by atoms with van der Waals surface area (Å²) in [5.74, 6) is 1.86. The molecule has 5 heterocycles. The Balaban J connectivity index is 0.877. The second-order valence-electron chi connectivity index (χ2n) is 17.9. The lowest BCUT2D eigenvalue weighted by atomic mass is 10.0. The quantitative estimate of drug-likeness (QED) is 0.167. The molecule has 0 radical (unpaired) electrons. The first-order chi connectivity index (χ1) is 34.7. The van der Waals surface area contributed by atoms with Crippen LogP contribution in [-0.4, -0.2) is 24.1 Å². The average molecular weight is 912 g/mol. The van der Waals surface area contributed by atoms with Crippen LogP contribution in [0.25, 0.3) is 142 Å². The number of para-hydroxylation sites is 3. The van der Waals surface area contributed by atoms with Crippen LogP contribution in [-0.2, 0) is 0 Å². The van der Waals surface area contributed by atoms with Gasteiger partial charge in [0.25, 0.3) is 0 Å². The molecule has 7 heteroatoms. The molecule has 0 amide bonds. The van der Waals surface area contributed by atoms with Crippen molar-refractivity contribution in [2.45, 2.75) is 0 Å². The van der Waals surface area contributed by atoms with Crippen molar-refractivity contribution < 1.29 is 4.42 Å². The van der Waals surface area contributed by atoms with Crippen molar-refractivity contribution in [2.24, 2.45) is 0 Å². The van der Waals surface area contributed by atoms with E-state index in [1.807, 2.05) is 84.1 Å². The number of thiophene rings is 1. The van der Waals surface area contributed by atoms with Crippen molar-refractivity contribution in [2.75, 3.05) is 0 Å². The van der Waals surface area contributed by atoms with Crippen LogP contribution in [0, 0.1) is 0 Å². The lowest BCUT2D eigenvalue weighted by Gasteiger charge is -2.09. The Bertz CT molecular complexity index is 4530. The number of furan rings is 1. The van der Waals surface area contributed by atoms with Crippen LogP contribution in [0.15, 0.2) is 229 Å². The van der Waals surface area contributed by atoms with Gasteiger partial charge in [0.15, 0.2) is 17.5 Å². The molecule has 15 aromatic rings. The third-order valence-electron chi connectivity index (χ3n) is 14.0. The highest BCUT2D eigenvalue weighted by Crippen LogP contribution is 2.47. The van der Waals surface area contributed by atoms with Gasteiger partial charge in [0.1, 0.15) is 11.2 Å². The van der Waals surface area contributed by atoms with E-state index in [1.54, 1.807) is 0 Å². The third-order valence-corrected chi connectivity index (χ3v) is 15.2. The van der Waals surface area contributed by atoms with E-state index in [0.29, 0.717) is 17.5 Å². The Morgan fingerprint density at radius 2 is 0.843 bits per heavy atom. The van der Waals surface area contributed by atoms with Crippen LogP contribution in [0.3, 0.4) is 0 Å². The molecule has 326 valence electrons. The van der Waals surface area contributed by atoms with Crippen LogP contribution in [0.1, 0.15) is 0 Å². The third kappa shape index (κ3) is 5.89. The number of hydrogen-bond acceptors (Lipinski definition) is 5. The molecule has 0 atom stereocenters. The molecule has 0 N–H and O–H groups in total. The fourth-order valence-corrected chi connectivity index (χ4v) is 12.2. The first-order valence-electron chi connectivity index (χ1n) is 23.5. The average Bonchev–Trinajstić information content (AvgIpc) is 4.19. The van der Waals surface area contributed by atoms with Crippen LogP contribution in [0.4, 0.5) is 0 Å². The Labute approximate surface area is 404 Å². The highest BCUT2D eigenvalue weighted by atomic mass is 32.1. The summed E-state index contributed by atoms with van der Waals surface area (Å²) in [6.07, 6.45) is 0. The fourth-order valence-electron chi connectivity index (χ4n) is 10.8. The predicted octanol–water partition coefficient (Wildman–Crippen LogP) is 17.0. The van der Waals surface area contributed by atoms with Crippen LogP contribution in [0.5, 0.6) is 0 Å². The first kappa shape index (κ1) is 38.9. The molecule has 0 aliphatic carbocycles. The van der Waals surface area contributed by atoms with Gasteiger partial charge in [-0.3, -0.25) is 0 Å². The van der Waals surface area contributed by atoms with Gasteiger partial charge in [-0.05, 0) is 83.9 Å². The van der Waals surface area contributed by atoms with Gasteiger partial charge in [-0.15, -0.1) is 11.3 Å². The molecule has 15 rings (SSSR count).